The molecule has 11 heavy (non-hydrogen) atoms. The fourth-order valence-electron chi connectivity index (χ4n) is 0. The average molecular weight is 297 g/mol. The Morgan fingerprint density at radius 3 is 0.909 bits per heavy atom. The second-order valence-corrected chi connectivity index (χ2v) is 0.983. The largest absolute Gasteiger partial charge is 2.00 e. The summed E-state index contributed by atoms with van der Waals surface area (Å²) >= 11 is 0. The number of rotatable bonds is 0. The molecule has 4 nitrogen and oxygen atoms in total. The Morgan fingerprint density at radius 1 is 0.909 bits per heavy atom. The molecule has 0 aliphatic carbocycles. The van der Waals surface area contributed by atoms with E-state index in [4.69, 9.17) is 19.8 Å². The molecule has 0 rings (SSSR count). The maximum Gasteiger partial charge on any atom is 2.00 e. The maximum absolute atomic E-state index is 8.89. The minimum absolute atomic E-state index is 0. The van der Waals surface area contributed by atoms with Crippen LogP contribution >= 0.6 is 24.8 Å². The number of carboxylic acid groups (broad SMARTS) is 2. The quantitative estimate of drug-likeness (QED) is 0.502. The third-order valence-corrected chi connectivity index (χ3v) is 0. The van der Waals surface area contributed by atoms with Crippen molar-refractivity contribution in [2.45, 2.75) is 13.8 Å². The second-order valence-electron chi connectivity index (χ2n) is 0.983. The molecule has 0 heterocycles. The van der Waals surface area contributed by atoms with E-state index in [-0.39, 0.29) is 45.2 Å². The van der Waals surface area contributed by atoms with E-state index in [0.717, 1.165) is 13.8 Å². The molecule has 0 amide bonds. The van der Waals surface area contributed by atoms with Gasteiger partial charge in [-0.1, -0.05) is 0 Å². The van der Waals surface area contributed by atoms with E-state index in [1.165, 1.54) is 0 Å². The summed E-state index contributed by atoms with van der Waals surface area (Å²) in [6.45, 7) is 1.94. The van der Waals surface area contributed by atoms with Gasteiger partial charge in [0.05, 0.1) is 0 Å². The molecule has 0 saturated carbocycles. The van der Waals surface area contributed by atoms with Gasteiger partial charge in [-0.15, -0.1) is 24.8 Å². The Kier molecular flexibility index (Phi) is 61.9. The van der Waals surface area contributed by atoms with E-state index in [2.05, 4.69) is 0 Å². The van der Waals surface area contributed by atoms with Gasteiger partial charge in [0.1, 0.15) is 0 Å². The predicted octanol–water partition coefficient (Wildman–Crippen LogP) is -1.65. The Morgan fingerprint density at radius 2 is 0.909 bits per heavy atom. The fourth-order valence-corrected chi connectivity index (χ4v) is 0. The van der Waals surface area contributed by atoms with E-state index < -0.39 is 11.9 Å². The Hall–Kier alpha value is 0.182. The van der Waals surface area contributed by atoms with E-state index in [1.807, 2.05) is 0 Å². The first-order chi connectivity index (χ1) is 3.46. The van der Waals surface area contributed by atoms with Gasteiger partial charge in [-0.25, -0.2) is 0 Å². The zero-order valence-electron chi connectivity index (χ0n) is 5.77. The molecule has 0 bridgehead atoms. The van der Waals surface area contributed by atoms with Crippen molar-refractivity contribution in [3.63, 3.8) is 0 Å². The van der Waals surface area contributed by atoms with Crippen molar-refractivity contribution >= 4 is 36.8 Å². The van der Waals surface area contributed by atoms with Crippen molar-refractivity contribution in [2.75, 3.05) is 0 Å². The third kappa shape index (κ3) is 20500. The summed E-state index contributed by atoms with van der Waals surface area (Å²) in [5.41, 5.74) is 0. The van der Waals surface area contributed by atoms with Gasteiger partial charge in [0.25, 0.3) is 0 Å². The van der Waals surface area contributed by atoms with Gasteiger partial charge in [0.2, 0.25) is 0 Å². The molecule has 0 radical (unpaired) electrons. The number of carbonyl (C=O) groups excluding carboxylic acids is 2. The van der Waals surface area contributed by atoms with Crippen LogP contribution in [0.1, 0.15) is 13.8 Å². The number of aliphatic carboxylic acids is 2. The van der Waals surface area contributed by atoms with Gasteiger partial charge in [-0.05, 0) is 13.8 Å². The fraction of sp³-hybridized carbons (Fsp3) is 0.500. The summed E-state index contributed by atoms with van der Waals surface area (Å²) in [7, 11) is 0. The molecule has 0 aliphatic heterocycles. The van der Waals surface area contributed by atoms with Crippen LogP contribution < -0.4 is 10.2 Å². The van der Waals surface area contributed by atoms with Crippen LogP contribution in [0.15, 0.2) is 0 Å². The zero-order valence-corrected chi connectivity index (χ0v) is 8.95. The molecule has 0 aromatic heterocycles. The first kappa shape index (κ1) is 30.3. The Balaban J connectivity index is -0.0000000171. The van der Waals surface area contributed by atoms with E-state index in [9.17, 15) is 0 Å². The molecule has 0 fully saturated rings. The van der Waals surface area contributed by atoms with Crippen LogP contribution in [0.5, 0.6) is 0 Å². The predicted molar refractivity (Wildman–Crippen MR) is 35.9 cm³/mol. The van der Waals surface area contributed by atoms with Gasteiger partial charge in [-0.3, -0.25) is 0 Å². The zero-order chi connectivity index (χ0) is 7.15. The molecule has 0 saturated heterocycles. The van der Waals surface area contributed by atoms with Crippen LogP contribution in [0.25, 0.3) is 0 Å². The van der Waals surface area contributed by atoms with Crippen LogP contribution in [-0.4, -0.2) is 11.9 Å². The molecule has 0 aromatic carbocycles. The number of carboxylic acids is 2. The van der Waals surface area contributed by atoms with Crippen molar-refractivity contribution in [1.29, 1.82) is 0 Å². The smallest absolute Gasteiger partial charge is 0.550 e. The van der Waals surface area contributed by atoms with Crippen LogP contribution in [0.2, 0.25) is 0 Å². The normalized spacial score (nSPS) is 4.55. The van der Waals surface area contributed by atoms with Crippen LogP contribution in [-0.2, 0) is 30.0 Å². The molecule has 0 N–H and O–H groups in total. The Bertz CT molecular complexity index is 78.1. The standard InChI is InChI=1S/2C2H4O2.2ClH.Pd/c2*1-2(3)4;;;/h2*1H3,(H,3,4);2*1H;/q;;;;+2/p-2. The first-order valence-corrected chi connectivity index (χ1v) is 1.82. The molecular formula is C4H8Cl2O4Pd. The van der Waals surface area contributed by atoms with E-state index >= 15 is 0 Å². The van der Waals surface area contributed by atoms with E-state index in [0.29, 0.717) is 0 Å². The molecule has 0 aromatic rings. The van der Waals surface area contributed by atoms with Crippen molar-refractivity contribution in [3.05, 3.63) is 0 Å². The summed E-state index contributed by atoms with van der Waals surface area (Å²) in [4.78, 5) is 17.8. The van der Waals surface area contributed by atoms with Crippen molar-refractivity contribution < 1.29 is 40.2 Å². The van der Waals surface area contributed by atoms with Crippen molar-refractivity contribution in [3.8, 4) is 0 Å². The number of hydrogen-bond acceptors (Lipinski definition) is 4. The van der Waals surface area contributed by atoms with Crippen LogP contribution in [0, 0.1) is 0 Å². The van der Waals surface area contributed by atoms with Gasteiger partial charge >= 0.3 is 20.4 Å². The molecule has 0 unspecified atom stereocenters. The second kappa shape index (κ2) is 22.5. The number of carbonyl (C=O) groups is 2. The first-order valence-electron chi connectivity index (χ1n) is 1.82. The number of halogens is 2. The van der Waals surface area contributed by atoms with Crippen LogP contribution in [0.3, 0.4) is 0 Å². The molecule has 7 heteroatoms. The minimum atomic E-state index is -1.08. The Labute approximate surface area is 90.8 Å². The van der Waals surface area contributed by atoms with Crippen molar-refractivity contribution in [2.24, 2.45) is 0 Å². The van der Waals surface area contributed by atoms with Gasteiger partial charge in [-0.2, -0.15) is 0 Å². The monoisotopic (exact) mass is 296 g/mol. The summed E-state index contributed by atoms with van der Waals surface area (Å²) in [5.74, 6) is -2.17. The van der Waals surface area contributed by atoms with Gasteiger partial charge in [0.15, 0.2) is 0 Å². The molecule has 0 spiro atoms. The van der Waals surface area contributed by atoms with Crippen LogP contribution in [0.4, 0.5) is 0 Å². The number of hydrogen-bond donors (Lipinski definition) is 0. The minimum Gasteiger partial charge on any atom is -0.550 e. The topological polar surface area (TPSA) is 80.3 Å². The summed E-state index contributed by atoms with van der Waals surface area (Å²) in [5, 5.41) is 17.8. The maximum atomic E-state index is 8.89. The summed E-state index contributed by atoms with van der Waals surface area (Å²) < 4.78 is 0. The summed E-state index contributed by atoms with van der Waals surface area (Å²) in [6, 6.07) is 0. The SMILES string of the molecule is CC(=O)[O-].CC(=O)[O-].Cl.Cl.[Pd+2]. The average Bonchev–Trinajstić information content (AvgIpc) is 1.25. The van der Waals surface area contributed by atoms with Gasteiger partial charge in [0, 0.05) is 11.9 Å². The van der Waals surface area contributed by atoms with Gasteiger partial charge < -0.3 is 19.8 Å². The third-order valence-electron chi connectivity index (χ3n) is 0. The summed E-state index contributed by atoms with van der Waals surface area (Å²) in [6.07, 6.45) is 0. The van der Waals surface area contributed by atoms with Crippen molar-refractivity contribution in [1.82, 2.24) is 0 Å². The molecule has 0 atom stereocenters. The molecule has 72 valence electrons. The molecular weight excluding hydrogens is 289 g/mol. The van der Waals surface area contributed by atoms with E-state index in [1.54, 1.807) is 0 Å². The molecule has 0 aliphatic rings.